The van der Waals surface area contributed by atoms with E-state index in [9.17, 15) is 9.59 Å². The van der Waals surface area contributed by atoms with E-state index in [1.54, 1.807) is 11.8 Å². The Bertz CT molecular complexity index is 298. The minimum absolute atomic E-state index is 0. The second-order valence-electron chi connectivity index (χ2n) is 4.88. The highest BCUT2D eigenvalue weighted by Gasteiger charge is 2.25. The fourth-order valence-corrected chi connectivity index (χ4v) is 2.54. The van der Waals surface area contributed by atoms with E-state index in [-0.39, 0.29) is 24.2 Å². The average molecular weight is 276 g/mol. The molecule has 2 aliphatic rings. The van der Waals surface area contributed by atoms with E-state index in [0.717, 1.165) is 13.0 Å². The molecular weight excluding hydrogens is 254 g/mol. The number of nitrogens with one attached hydrogen (secondary N) is 1. The maximum atomic E-state index is 12.0. The van der Waals surface area contributed by atoms with Crippen LogP contribution in [-0.4, -0.2) is 60.4 Å². The SMILES string of the molecule is CC(=O)N1CCN(C(=O)CC2CCCN2)CC1.Cl. The van der Waals surface area contributed by atoms with E-state index in [0.29, 0.717) is 38.6 Å². The summed E-state index contributed by atoms with van der Waals surface area (Å²) >= 11 is 0. The van der Waals surface area contributed by atoms with Gasteiger partial charge in [-0.2, -0.15) is 0 Å². The number of carbonyl (C=O) groups is 2. The van der Waals surface area contributed by atoms with Gasteiger partial charge in [-0.25, -0.2) is 0 Å². The Morgan fingerprint density at radius 1 is 1.17 bits per heavy atom. The van der Waals surface area contributed by atoms with Crippen molar-refractivity contribution in [1.29, 1.82) is 0 Å². The monoisotopic (exact) mass is 275 g/mol. The summed E-state index contributed by atoms with van der Waals surface area (Å²) in [6, 6.07) is 0.369. The molecule has 5 nitrogen and oxygen atoms in total. The van der Waals surface area contributed by atoms with Crippen molar-refractivity contribution in [2.75, 3.05) is 32.7 Å². The van der Waals surface area contributed by atoms with Gasteiger partial charge >= 0.3 is 0 Å². The summed E-state index contributed by atoms with van der Waals surface area (Å²) in [7, 11) is 0. The summed E-state index contributed by atoms with van der Waals surface area (Å²) in [4.78, 5) is 26.9. The number of piperazine rings is 1. The van der Waals surface area contributed by atoms with Crippen molar-refractivity contribution >= 4 is 24.2 Å². The molecule has 0 aromatic carbocycles. The number of hydrogen-bond donors (Lipinski definition) is 1. The van der Waals surface area contributed by atoms with Crippen molar-refractivity contribution < 1.29 is 9.59 Å². The lowest BCUT2D eigenvalue weighted by atomic mass is 10.1. The van der Waals surface area contributed by atoms with Gasteiger partial charge in [-0.1, -0.05) is 0 Å². The van der Waals surface area contributed by atoms with Crippen molar-refractivity contribution in [1.82, 2.24) is 15.1 Å². The predicted molar refractivity (Wildman–Crippen MR) is 71.7 cm³/mol. The van der Waals surface area contributed by atoms with Gasteiger partial charge in [0.2, 0.25) is 11.8 Å². The van der Waals surface area contributed by atoms with E-state index in [1.165, 1.54) is 6.42 Å². The normalized spacial score (nSPS) is 23.7. The standard InChI is InChI=1S/C12H21N3O2.ClH/c1-10(16)14-5-7-15(8-6-14)12(17)9-11-3-2-4-13-11;/h11,13H,2-9H2,1H3;1H. The zero-order chi connectivity index (χ0) is 12.3. The number of hydrogen-bond acceptors (Lipinski definition) is 3. The van der Waals surface area contributed by atoms with Gasteiger partial charge in [0.1, 0.15) is 0 Å². The number of rotatable bonds is 2. The third-order valence-corrected chi connectivity index (χ3v) is 3.66. The van der Waals surface area contributed by atoms with Gasteiger partial charge in [0.15, 0.2) is 0 Å². The number of carbonyl (C=O) groups excluding carboxylic acids is 2. The molecule has 18 heavy (non-hydrogen) atoms. The zero-order valence-corrected chi connectivity index (χ0v) is 11.7. The Hall–Kier alpha value is -0.810. The molecule has 104 valence electrons. The molecule has 2 aliphatic heterocycles. The van der Waals surface area contributed by atoms with Gasteiger partial charge < -0.3 is 15.1 Å². The van der Waals surface area contributed by atoms with Crippen LogP contribution < -0.4 is 5.32 Å². The van der Waals surface area contributed by atoms with Crippen LogP contribution in [0.25, 0.3) is 0 Å². The van der Waals surface area contributed by atoms with Gasteiger partial charge in [-0.3, -0.25) is 9.59 Å². The highest BCUT2D eigenvalue weighted by Crippen LogP contribution is 2.12. The van der Waals surface area contributed by atoms with Crippen molar-refractivity contribution in [3.05, 3.63) is 0 Å². The van der Waals surface area contributed by atoms with E-state index >= 15 is 0 Å². The average Bonchev–Trinajstić information content (AvgIpc) is 2.82. The lowest BCUT2D eigenvalue weighted by Gasteiger charge is -2.34. The van der Waals surface area contributed by atoms with Crippen LogP contribution in [0, 0.1) is 0 Å². The van der Waals surface area contributed by atoms with Crippen LogP contribution in [0.1, 0.15) is 26.2 Å². The second-order valence-corrected chi connectivity index (χ2v) is 4.88. The molecular formula is C12H22ClN3O2. The molecule has 1 unspecified atom stereocenters. The maximum absolute atomic E-state index is 12.0. The molecule has 0 aromatic rings. The fraction of sp³-hybridized carbons (Fsp3) is 0.833. The first-order chi connectivity index (χ1) is 8.16. The molecule has 1 N–H and O–H groups in total. The highest BCUT2D eigenvalue weighted by atomic mass is 35.5. The van der Waals surface area contributed by atoms with Gasteiger partial charge in [0, 0.05) is 45.6 Å². The van der Waals surface area contributed by atoms with Crippen LogP contribution >= 0.6 is 12.4 Å². The predicted octanol–water partition coefficient (Wildman–Crippen LogP) is 0.241. The molecule has 6 heteroatoms. The topological polar surface area (TPSA) is 52.7 Å². The number of amides is 2. The highest BCUT2D eigenvalue weighted by molar-refractivity contribution is 5.85. The Morgan fingerprint density at radius 3 is 2.28 bits per heavy atom. The van der Waals surface area contributed by atoms with Crippen LogP contribution in [0.5, 0.6) is 0 Å². The molecule has 0 aromatic heterocycles. The molecule has 2 amide bonds. The van der Waals surface area contributed by atoms with E-state index in [1.807, 2.05) is 4.90 Å². The number of nitrogens with zero attached hydrogens (tertiary/aromatic N) is 2. The van der Waals surface area contributed by atoms with Crippen molar-refractivity contribution in [3.63, 3.8) is 0 Å². The van der Waals surface area contributed by atoms with Crippen molar-refractivity contribution in [3.8, 4) is 0 Å². The van der Waals surface area contributed by atoms with Crippen molar-refractivity contribution in [2.24, 2.45) is 0 Å². The van der Waals surface area contributed by atoms with Gasteiger partial charge in [0.05, 0.1) is 0 Å². The molecule has 2 heterocycles. The molecule has 0 spiro atoms. The molecule has 2 fully saturated rings. The number of halogens is 1. The summed E-state index contributed by atoms with van der Waals surface area (Å²) in [5, 5.41) is 3.34. The Balaban J connectivity index is 0.00000162. The minimum atomic E-state index is 0. The molecule has 1 atom stereocenters. The molecule has 0 bridgehead atoms. The fourth-order valence-electron chi connectivity index (χ4n) is 2.54. The van der Waals surface area contributed by atoms with Gasteiger partial charge in [-0.05, 0) is 19.4 Å². The van der Waals surface area contributed by atoms with Gasteiger partial charge in [0.25, 0.3) is 0 Å². The Kier molecular flexibility index (Phi) is 5.88. The van der Waals surface area contributed by atoms with Crippen LogP contribution in [0.15, 0.2) is 0 Å². The van der Waals surface area contributed by atoms with E-state index in [4.69, 9.17) is 0 Å². The van der Waals surface area contributed by atoms with Crippen molar-refractivity contribution in [2.45, 2.75) is 32.2 Å². The second kappa shape index (κ2) is 6.95. The summed E-state index contributed by atoms with van der Waals surface area (Å²) in [6.07, 6.45) is 2.90. The summed E-state index contributed by atoms with van der Waals surface area (Å²) in [6.45, 7) is 5.35. The lowest BCUT2D eigenvalue weighted by Crippen LogP contribution is -2.50. The smallest absolute Gasteiger partial charge is 0.224 e. The molecule has 2 saturated heterocycles. The minimum Gasteiger partial charge on any atom is -0.339 e. The molecule has 0 saturated carbocycles. The summed E-state index contributed by atoms with van der Waals surface area (Å²) in [5.74, 6) is 0.335. The van der Waals surface area contributed by atoms with Crippen LogP contribution in [0.2, 0.25) is 0 Å². The largest absolute Gasteiger partial charge is 0.339 e. The third-order valence-electron chi connectivity index (χ3n) is 3.66. The van der Waals surface area contributed by atoms with Crippen LogP contribution in [-0.2, 0) is 9.59 Å². The van der Waals surface area contributed by atoms with Crippen LogP contribution in [0.3, 0.4) is 0 Å². The zero-order valence-electron chi connectivity index (χ0n) is 10.9. The summed E-state index contributed by atoms with van der Waals surface area (Å²) < 4.78 is 0. The molecule has 0 aliphatic carbocycles. The first-order valence-electron chi connectivity index (χ1n) is 6.43. The maximum Gasteiger partial charge on any atom is 0.224 e. The third kappa shape index (κ3) is 3.85. The Labute approximate surface area is 114 Å². The van der Waals surface area contributed by atoms with E-state index < -0.39 is 0 Å². The quantitative estimate of drug-likeness (QED) is 0.786. The van der Waals surface area contributed by atoms with E-state index in [2.05, 4.69) is 5.32 Å². The first kappa shape index (κ1) is 15.2. The van der Waals surface area contributed by atoms with Crippen LogP contribution in [0.4, 0.5) is 0 Å². The Morgan fingerprint density at radius 2 is 1.78 bits per heavy atom. The molecule has 0 radical (unpaired) electrons. The summed E-state index contributed by atoms with van der Waals surface area (Å²) in [5.41, 5.74) is 0. The first-order valence-corrected chi connectivity index (χ1v) is 6.43. The van der Waals surface area contributed by atoms with Gasteiger partial charge in [-0.15, -0.1) is 12.4 Å². The molecule has 2 rings (SSSR count). The lowest BCUT2D eigenvalue weighted by molar-refractivity contribution is -0.138.